The van der Waals surface area contributed by atoms with Gasteiger partial charge in [0.2, 0.25) is 0 Å². The molecule has 0 saturated carbocycles. The molecule has 31 heavy (non-hydrogen) atoms. The van der Waals surface area contributed by atoms with E-state index in [0.717, 1.165) is 36.4 Å². The highest BCUT2D eigenvalue weighted by Crippen LogP contribution is 2.17. The Balaban J connectivity index is 1.30. The molecule has 0 saturated heterocycles. The standard InChI is InChI=1S/C24H26N4OS2/c30-23(25-17-7-12-19-8-3-1-4-9-19)27-28-24(31)26-21-13-15-22(16-14-21)29-18-20-10-5-2-6-11-20/h1-6,8-11,13-16H,7,12,17-18H2,(H2,25,27,30)(H2,26,28,31). The second-order valence-electron chi connectivity index (χ2n) is 6.85. The lowest BCUT2D eigenvalue weighted by Crippen LogP contribution is -2.48. The van der Waals surface area contributed by atoms with Crippen molar-refractivity contribution in [3.8, 4) is 5.75 Å². The highest BCUT2D eigenvalue weighted by Gasteiger charge is 2.01. The van der Waals surface area contributed by atoms with Crippen molar-refractivity contribution in [1.29, 1.82) is 0 Å². The number of thiocarbonyl (C=S) groups is 2. The largest absolute Gasteiger partial charge is 0.489 e. The Kier molecular flexibility index (Phi) is 9.09. The summed E-state index contributed by atoms with van der Waals surface area (Å²) >= 11 is 10.6. The topological polar surface area (TPSA) is 57.3 Å². The smallest absolute Gasteiger partial charge is 0.189 e. The zero-order valence-electron chi connectivity index (χ0n) is 17.1. The van der Waals surface area contributed by atoms with Crippen molar-refractivity contribution in [2.24, 2.45) is 0 Å². The van der Waals surface area contributed by atoms with E-state index in [-0.39, 0.29) is 0 Å². The molecular formula is C24H26N4OS2. The Morgan fingerprint density at radius 2 is 1.32 bits per heavy atom. The van der Waals surface area contributed by atoms with Crippen LogP contribution in [0.4, 0.5) is 5.69 Å². The van der Waals surface area contributed by atoms with Crippen molar-refractivity contribution in [2.45, 2.75) is 19.4 Å². The summed E-state index contributed by atoms with van der Waals surface area (Å²) in [5.41, 5.74) is 9.09. The number of ether oxygens (including phenoxy) is 1. The van der Waals surface area contributed by atoms with Crippen LogP contribution in [0.3, 0.4) is 0 Å². The Labute approximate surface area is 194 Å². The third kappa shape index (κ3) is 8.62. The number of hydrazine groups is 1. The third-order valence-electron chi connectivity index (χ3n) is 4.42. The zero-order chi connectivity index (χ0) is 21.7. The van der Waals surface area contributed by atoms with Crippen LogP contribution in [-0.4, -0.2) is 16.8 Å². The van der Waals surface area contributed by atoms with Gasteiger partial charge in [-0.15, -0.1) is 0 Å². The van der Waals surface area contributed by atoms with Gasteiger partial charge >= 0.3 is 0 Å². The molecule has 0 atom stereocenters. The first-order valence-corrected chi connectivity index (χ1v) is 10.9. The van der Waals surface area contributed by atoms with Crippen LogP contribution in [0.15, 0.2) is 84.9 Å². The van der Waals surface area contributed by atoms with E-state index in [1.54, 1.807) is 0 Å². The van der Waals surface area contributed by atoms with Crippen molar-refractivity contribution in [2.75, 3.05) is 11.9 Å². The van der Waals surface area contributed by atoms with Crippen LogP contribution < -0.4 is 26.2 Å². The number of anilines is 1. The summed E-state index contributed by atoms with van der Waals surface area (Å²) in [6.07, 6.45) is 2.00. The normalized spacial score (nSPS) is 10.1. The molecule has 5 nitrogen and oxygen atoms in total. The molecule has 0 bridgehead atoms. The molecule has 7 heteroatoms. The van der Waals surface area contributed by atoms with E-state index in [0.29, 0.717) is 16.8 Å². The number of rotatable bonds is 8. The lowest BCUT2D eigenvalue weighted by molar-refractivity contribution is 0.306. The van der Waals surface area contributed by atoms with Crippen LogP contribution in [0.5, 0.6) is 5.75 Å². The Morgan fingerprint density at radius 1 is 0.710 bits per heavy atom. The first-order chi connectivity index (χ1) is 15.2. The van der Waals surface area contributed by atoms with Gasteiger partial charge in [0.05, 0.1) is 0 Å². The molecule has 0 unspecified atom stereocenters. The van der Waals surface area contributed by atoms with Crippen LogP contribution >= 0.6 is 24.4 Å². The molecule has 3 aromatic carbocycles. The highest BCUT2D eigenvalue weighted by molar-refractivity contribution is 7.80. The summed E-state index contributed by atoms with van der Waals surface area (Å²) in [6.45, 7) is 1.32. The van der Waals surface area contributed by atoms with Crippen LogP contribution in [-0.2, 0) is 13.0 Å². The number of hydrogen-bond donors (Lipinski definition) is 4. The SMILES string of the molecule is S=C(NCCCc1ccccc1)NNC(=S)Nc1ccc(OCc2ccccc2)cc1. The summed E-state index contributed by atoms with van der Waals surface area (Å²) < 4.78 is 5.79. The maximum atomic E-state index is 5.79. The molecule has 0 aliphatic heterocycles. The van der Waals surface area contributed by atoms with Crippen molar-refractivity contribution in [1.82, 2.24) is 16.2 Å². The molecule has 0 aliphatic rings. The maximum absolute atomic E-state index is 5.79. The molecule has 0 aromatic heterocycles. The lowest BCUT2D eigenvalue weighted by atomic mass is 10.1. The average Bonchev–Trinajstić information content (AvgIpc) is 2.81. The van der Waals surface area contributed by atoms with Gasteiger partial charge in [-0.05, 0) is 72.7 Å². The fourth-order valence-corrected chi connectivity index (χ4v) is 3.16. The summed E-state index contributed by atoms with van der Waals surface area (Å²) in [6, 6.07) is 28.1. The first kappa shape index (κ1) is 22.5. The van der Waals surface area contributed by atoms with Crippen molar-refractivity contribution in [3.05, 3.63) is 96.1 Å². The van der Waals surface area contributed by atoms with Gasteiger partial charge in [-0.3, -0.25) is 10.9 Å². The van der Waals surface area contributed by atoms with Gasteiger partial charge in [-0.25, -0.2) is 0 Å². The van der Waals surface area contributed by atoms with Crippen LogP contribution in [0.1, 0.15) is 17.5 Å². The molecule has 4 N–H and O–H groups in total. The van der Waals surface area contributed by atoms with E-state index in [1.165, 1.54) is 5.56 Å². The predicted molar refractivity (Wildman–Crippen MR) is 135 cm³/mol. The van der Waals surface area contributed by atoms with E-state index < -0.39 is 0 Å². The molecule has 0 aliphatic carbocycles. The summed E-state index contributed by atoms with van der Waals surface area (Å²) in [4.78, 5) is 0. The van der Waals surface area contributed by atoms with Gasteiger partial charge < -0.3 is 15.4 Å². The molecule has 0 radical (unpaired) electrons. The highest BCUT2D eigenvalue weighted by atomic mass is 32.1. The van der Waals surface area contributed by atoms with Gasteiger partial charge in [0.25, 0.3) is 0 Å². The van der Waals surface area contributed by atoms with Gasteiger partial charge in [0.1, 0.15) is 12.4 Å². The Morgan fingerprint density at radius 3 is 2.00 bits per heavy atom. The van der Waals surface area contributed by atoms with Crippen molar-refractivity contribution < 1.29 is 4.74 Å². The van der Waals surface area contributed by atoms with Gasteiger partial charge in [-0.1, -0.05) is 60.7 Å². The average molecular weight is 451 g/mol. The van der Waals surface area contributed by atoms with E-state index >= 15 is 0 Å². The van der Waals surface area contributed by atoms with Gasteiger partial charge in [0, 0.05) is 12.2 Å². The second-order valence-corrected chi connectivity index (χ2v) is 7.66. The van der Waals surface area contributed by atoms with Crippen molar-refractivity contribution in [3.63, 3.8) is 0 Å². The molecule has 0 heterocycles. The molecular weight excluding hydrogens is 424 g/mol. The Bertz CT molecular complexity index is 950. The maximum Gasteiger partial charge on any atom is 0.189 e. The molecule has 0 amide bonds. The van der Waals surface area contributed by atoms with E-state index in [2.05, 4.69) is 45.8 Å². The van der Waals surface area contributed by atoms with E-state index in [9.17, 15) is 0 Å². The first-order valence-electron chi connectivity index (χ1n) is 10.1. The van der Waals surface area contributed by atoms with Gasteiger partial charge in [-0.2, -0.15) is 0 Å². The Hall–Kier alpha value is -3.16. The van der Waals surface area contributed by atoms with Crippen LogP contribution in [0.25, 0.3) is 0 Å². The number of benzene rings is 3. The number of hydrogen-bond acceptors (Lipinski definition) is 3. The van der Waals surface area contributed by atoms with Crippen LogP contribution in [0.2, 0.25) is 0 Å². The van der Waals surface area contributed by atoms with Crippen molar-refractivity contribution >= 4 is 40.3 Å². The quantitative estimate of drug-likeness (QED) is 0.228. The zero-order valence-corrected chi connectivity index (χ0v) is 18.8. The van der Waals surface area contributed by atoms with Crippen LogP contribution in [0, 0.1) is 0 Å². The summed E-state index contributed by atoms with van der Waals surface area (Å²) in [5, 5.41) is 7.19. The monoisotopic (exact) mass is 450 g/mol. The molecule has 3 rings (SSSR count). The second kappa shape index (κ2) is 12.5. The molecule has 160 valence electrons. The molecule has 0 fully saturated rings. The predicted octanol–water partition coefficient (Wildman–Crippen LogP) is 4.56. The number of nitrogens with one attached hydrogen (secondary N) is 4. The minimum atomic E-state index is 0.423. The molecule has 0 spiro atoms. The lowest BCUT2D eigenvalue weighted by Gasteiger charge is -2.14. The van der Waals surface area contributed by atoms with E-state index in [1.807, 2.05) is 60.7 Å². The fraction of sp³-hybridized carbons (Fsp3) is 0.167. The van der Waals surface area contributed by atoms with Gasteiger partial charge in [0.15, 0.2) is 10.2 Å². The number of aryl methyl sites for hydroxylation is 1. The minimum Gasteiger partial charge on any atom is -0.489 e. The fourth-order valence-electron chi connectivity index (χ4n) is 2.83. The van der Waals surface area contributed by atoms with E-state index in [4.69, 9.17) is 29.2 Å². The molecule has 3 aromatic rings. The third-order valence-corrected chi connectivity index (χ3v) is 4.87. The summed E-state index contributed by atoms with van der Waals surface area (Å²) in [5.74, 6) is 0.798. The minimum absolute atomic E-state index is 0.423. The summed E-state index contributed by atoms with van der Waals surface area (Å²) in [7, 11) is 0.